The molecule has 3 aromatic rings. The fraction of sp³-hybridized carbons (Fsp3) is 0.389. The van der Waals surface area contributed by atoms with Crippen LogP contribution in [0.25, 0.3) is 10.9 Å². The third-order valence-corrected chi connectivity index (χ3v) is 5.61. The summed E-state index contributed by atoms with van der Waals surface area (Å²) in [5.41, 5.74) is 6.46. The molecular formula is C18H22BrN7OS. The van der Waals surface area contributed by atoms with Gasteiger partial charge in [0.25, 0.3) is 5.56 Å². The summed E-state index contributed by atoms with van der Waals surface area (Å²) in [5.74, 6) is 1.22. The molecule has 1 aromatic carbocycles. The van der Waals surface area contributed by atoms with Gasteiger partial charge in [-0.25, -0.2) is 4.98 Å². The zero-order chi connectivity index (χ0) is 20.4. The predicted octanol–water partition coefficient (Wildman–Crippen LogP) is 3.26. The number of fused-ring (bicyclic) bond motifs is 1. The van der Waals surface area contributed by atoms with Crippen LogP contribution in [0.3, 0.4) is 0 Å². The van der Waals surface area contributed by atoms with Crippen LogP contribution in [0.2, 0.25) is 0 Å². The third-order valence-electron chi connectivity index (χ3n) is 4.03. The summed E-state index contributed by atoms with van der Waals surface area (Å²) in [6.07, 6.45) is 0.826. The number of hydrogen-bond acceptors (Lipinski definition) is 8. The molecule has 0 saturated heterocycles. The summed E-state index contributed by atoms with van der Waals surface area (Å²) >= 11 is 4.86. The molecule has 0 aliphatic carbocycles. The molecule has 0 spiro atoms. The van der Waals surface area contributed by atoms with Crippen LogP contribution in [0.5, 0.6) is 0 Å². The SMILES string of the molecule is CCCn1c(SC(C)c2nc(N)nc(N(C)C)n2)nc2ccc(Br)cc2c1=O. The van der Waals surface area contributed by atoms with Crippen LogP contribution in [0, 0.1) is 0 Å². The Kier molecular flexibility index (Phi) is 6.19. The minimum atomic E-state index is -0.160. The van der Waals surface area contributed by atoms with Gasteiger partial charge in [0.2, 0.25) is 11.9 Å². The molecule has 0 aliphatic rings. The summed E-state index contributed by atoms with van der Waals surface area (Å²) in [7, 11) is 3.69. The number of nitrogen functional groups attached to an aromatic ring is 1. The molecule has 3 rings (SSSR count). The van der Waals surface area contributed by atoms with Gasteiger partial charge in [0.1, 0.15) is 5.82 Å². The first-order chi connectivity index (χ1) is 13.3. The largest absolute Gasteiger partial charge is 0.368 e. The normalized spacial score (nSPS) is 12.3. The average Bonchev–Trinajstić information content (AvgIpc) is 2.65. The molecule has 0 saturated carbocycles. The van der Waals surface area contributed by atoms with Gasteiger partial charge in [-0.05, 0) is 31.5 Å². The monoisotopic (exact) mass is 463 g/mol. The first-order valence-corrected chi connectivity index (χ1v) is 10.5. The fourth-order valence-corrected chi connectivity index (χ4v) is 4.01. The summed E-state index contributed by atoms with van der Waals surface area (Å²) in [4.78, 5) is 32.4. The predicted molar refractivity (Wildman–Crippen MR) is 117 cm³/mol. The van der Waals surface area contributed by atoms with E-state index >= 15 is 0 Å². The second-order valence-corrected chi connectivity index (χ2v) is 8.74. The molecule has 0 amide bonds. The van der Waals surface area contributed by atoms with E-state index in [1.165, 1.54) is 11.8 Å². The van der Waals surface area contributed by atoms with E-state index in [0.717, 1.165) is 10.9 Å². The van der Waals surface area contributed by atoms with Crippen LogP contribution in [-0.4, -0.2) is 38.6 Å². The van der Waals surface area contributed by atoms with Crippen LogP contribution in [0.4, 0.5) is 11.9 Å². The van der Waals surface area contributed by atoms with Crippen molar-refractivity contribution in [2.45, 2.75) is 37.2 Å². The average molecular weight is 464 g/mol. The molecular weight excluding hydrogens is 442 g/mol. The molecule has 2 aromatic heterocycles. The Hall–Kier alpha value is -2.20. The van der Waals surface area contributed by atoms with Gasteiger partial charge >= 0.3 is 0 Å². The molecule has 2 N–H and O–H groups in total. The Labute approximate surface area is 175 Å². The van der Waals surface area contributed by atoms with Crippen molar-refractivity contribution in [3.8, 4) is 0 Å². The van der Waals surface area contributed by atoms with Crippen molar-refractivity contribution in [3.05, 3.63) is 38.9 Å². The molecule has 148 valence electrons. The van der Waals surface area contributed by atoms with Gasteiger partial charge in [0, 0.05) is 25.1 Å². The molecule has 28 heavy (non-hydrogen) atoms. The highest BCUT2D eigenvalue weighted by molar-refractivity contribution is 9.10. The summed E-state index contributed by atoms with van der Waals surface area (Å²) in [6, 6.07) is 5.54. The second-order valence-electron chi connectivity index (χ2n) is 6.52. The minimum Gasteiger partial charge on any atom is -0.368 e. The van der Waals surface area contributed by atoms with Crippen molar-refractivity contribution in [2.75, 3.05) is 24.7 Å². The zero-order valence-electron chi connectivity index (χ0n) is 16.2. The van der Waals surface area contributed by atoms with Crippen molar-refractivity contribution in [1.82, 2.24) is 24.5 Å². The standard InChI is InChI=1S/C18H22BrN7OS/c1-5-8-26-15(27)12-9-11(19)6-7-13(12)21-18(26)28-10(2)14-22-16(20)24-17(23-14)25(3)4/h6-7,9-10H,5,8H2,1-4H3,(H2,20,22,23,24). The lowest BCUT2D eigenvalue weighted by molar-refractivity contribution is 0.583. The number of nitrogens with two attached hydrogens (primary N) is 1. The number of thioether (sulfide) groups is 1. The Bertz CT molecular complexity index is 1070. The smallest absolute Gasteiger partial charge is 0.262 e. The van der Waals surface area contributed by atoms with E-state index < -0.39 is 0 Å². The van der Waals surface area contributed by atoms with Crippen molar-refractivity contribution >= 4 is 50.5 Å². The Morgan fingerprint density at radius 2 is 2.00 bits per heavy atom. The lowest BCUT2D eigenvalue weighted by Gasteiger charge is -2.17. The second kappa shape index (κ2) is 8.44. The number of aromatic nitrogens is 5. The Morgan fingerprint density at radius 3 is 2.68 bits per heavy atom. The van der Waals surface area contributed by atoms with E-state index in [2.05, 4.69) is 30.9 Å². The summed E-state index contributed by atoms with van der Waals surface area (Å²) in [5, 5.41) is 1.07. The number of rotatable bonds is 6. The Morgan fingerprint density at radius 1 is 1.25 bits per heavy atom. The van der Waals surface area contributed by atoms with Gasteiger partial charge in [-0.3, -0.25) is 9.36 Å². The lowest BCUT2D eigenvalue weighted by atomic mass is 10.2. The van der Waals surface area contributed by atoms with E-state index in [9.17, 15) is 4.79 Å². The zero-order valence-corrected chi connectivity index (χ0v) is 18.6. The first-order valence-electron chi connectivity index (χ1n) is 8.85. The summed E-state index contributed by atoms with van der Waals surface area (Å²) in [6.45, 7) is 4.59. The maximum absolute atomic E-state index is 13.0. The van der Waals surface area contributed by atoms with E-state index in [4.69, 9.17) is 10.7 Å². The Balaban J connectivity index is 2.05. The van der Waals surface area contributed by atoms with E-state index in [-0.39, 0.29) is 16.8 Å². The third kappa shape index (κ3) is 4.27. The minimum absolute atomic E-state index is 0.0491. The van der Waals surface area contributed by atoms with E-state index in [1.807, 2.05) is 46.1 Å². The van der Waals surface area contributed by atoms with Gasteiger partial charge in [0.15, 0.2) is 5.16 Å². The molecule has 1 atom stereocenters. The molecule has 10 heteroatoms. The van der Waals surface area contributed by atoms with Crippen molar-refractivity contribution in [3.63, 3.8) is 0 Å². The highest BCUT2D eigenvalue weighted by Gasteiger charge is 2.19. The van der Waals surface area contributed by atoms with Crippen LogP contribution in [-0.2, 0) is 6.54 Å². The maximum atomic E-state index is 13.0. The molecule has 1 unspecified atom stereocenters. The van der Waals surface area contributed by atoms with Gasteiger partial charge < -0.3 is 10.6 Å². The van der Waals surface area contributed by atoms with Crippen molar-refractivity contribution < 1.29 is 0 Å². The summed E-state index contributed by atoms with van der Waals surface area (Å²) < 4.78 is 2.57. The molecule has 2 heterocycles. The number of hydrogen-bond donors (Lipinski definition) is 1. The van der Waals surface area contributed by atoms with Gasteiger partial charge in [0.05, 0.1) is 16.2 Å². The van der Waals surface area contributed by atoms with Gasteiger partial charge in [-0.1, -0.05) is 34.6 Å². The van der Waals surface area contributed by atoms with E-state index in [1.54, 1.807) is 9.47 Å². The highest BCUT2D eigenvalue weighted by atomic mass is 79.9. The topological polar surface area (TPSA) is 103 Å². The number of benzene rings is 1. The van der Waals surface area contributed by atoms with Gasteiger partial charge in [-0.15, -0.1) is 0 Å². The quantitative estimate of drug-likeness (QED) is 0.438. The first kappa shape index (κ1) is 20.5. The van der Waals surface area contributed by atoms with Crippen molar-refractivity contribution in [1.29, 1.82) is 0 Å². The molecule has 0 bridgehead atoms. The number of anilines is 2. The highest BCUT2D eigenvalue weighted by Crippen LogP contribution is 2.33. The van der Waals surface area contributed by atoms with Crippen LogP contribution >= 0.6 is 27.7 Å². The molecule has 0 aliphatic heterocycles. The lowest BCUT2D eigenvalue weighted by Crippen LogP contribution is -2.23. The maximum Gasteiger partial charge on any atom is 0.262 e. The molecule has 0 fully saturated rings. The van der Waals surface area contributed by atoms with Gasteiger partial charge in [-0.2, -0.15) is 15.0 Å². The number of nitrogens with zero attached hydrogens (tertiary/aromatic N) is 6. The van der Waals surface area contributed by atoms with E-state index in [0.29, 0.717) is 34.4 Å². The van der Waals surface area contributed by atoms with Crippen LogP contribution < -0.4 is 16.2 Å². The van der Waals surface area contributed by atoms with Crippen LogP contribution in [0.15, 0.2) is 32.6 Å². The fourth-order valence-electron chi connectivity index (χ4n) is 2.67. The number of halogens is 1. The molecule has 8 nitrogen and oxygen atoms in total. The molecule has 0 radical (unpaired) electrons. The van der Waals surface area contributed by atoms with Crippen LogP contribution in [0.1, 0.15) is 31.3 Å². The van der Waals surface area contributed by atoms with Crippen molar-refractivity contribution in [2.24, 2.45) is 0 Å².